The zero-order valence-corrected chi connectivity index (χ0v) is 12.5. The lowest BCUT2D eigenvalue weighted by molar-refractivity contribution is 0.102. The molecule has 4 nitrogen and oxygen atoms in total. The van der Waals surface area contributed by atoms with Crippen LogP contribution in [0.4, 0.5) is 10.1 Å². The summed E-state index contributed by atoms with van der Waals surface area (Å²) >= 11 is 5.71. The molecule has 0 heterocycles. The smallest absolute Gasteiger partial charge is 0.255 e. The van der Waals surface area contributed by atoms with E-state index in [4.69, 9.17) is 11.6 Å². The fourth-order valence-electron chi connectivity index (χ4n) is 1.63. The minimum atomic E-state index is -3.48. The van der Waals surface area contributed by atoms with Crippen LogP contribution >= 0.6 is 11.6 Å². The molecule has 0 aliphatic rings. The lowest BCUT2D eigenvalue weighted by atomic mass is 10.2. The Hall–Kier alpha value is -1.92. The van der Waals surface area contributed by atoms with Gasteiger partial charge in [0.2, 0.25) is 0 Å². The predicted molar refractivity (Wildman–Crippen MR) is 78.9 cm³/mol. The molecule has 2 rings (SSSR count). The molecular formula is C14H11ClFNO3S. The van der Waals surface area contributed by atoms with Gasteiger partial charge >= 0.3 is 0 Å². The molecule has 0 aliphatic carbocycles. The number of benzene rings is 2. The standard InChI is InChI=1S/C14H11ClFNO3S/c1-21(19,20)11-6-7-12(16)13(8-11)17-14(18)9-2-4-10(15)5-3-9/h2-8H,1H3,(H,17,18). The molecule has 2 aromatic carbocycles. The van der Waals surface area contributed by atoms with Crippen LogP contribution in [0.3, 0.4) is 0 Å². The van der Waals surface area contributed by atoms with Crippen LogP contribution in [0.2, 0.25) is 5.02 Å². The van der Waals surface area contributed by atoms with Gasteiger partial charge in [-0.3, -0.25) is 4.79 Å². The van der Waals surface area contributed by atoms with E-state index in [1.54, 1.807) is 0 Å². The van der Waals surface area contributed by atoms with E-state index in [0.29, 0.717) is 5.02 Å². The maximum Gasteiger partial charge on any atom is 0.255 e. The molecule has 0 saturated heterocycles. The molecule has 0 radical (unpaired) electrons. The van der Waals surface area contributed by atoms with Crippen LogP contribution in [0.15, 0.2) is 47.4 Å². The predicted octanol–water partition coefficient (Wildman–Crippen LogP) is 3.13. The first kappa shape index (κ1) is 15.5. The minimum Gasteiger partial charge on any atom is -0.319 e. The molecule has 0 bridgehead atoms. The lowest BCUT2D eigenvalue weighted by Crippen LogP contribution is -2.13. The minimum absolute atomic E-state index is 0.0738. The first-order valence-electron chi connectivity index (χ1n) is 5.84. The number of anilines is 1. The third-order valence-electron chi connectivity index (χ3n) is 2.72. The molecule has 0 aliphatic heterocycles. The highest BCUT2D eigenvalue weighted by Crippen LogP contribution is 2.20. The zero-order valence-electron chi connectivity index (χ0n) is 10.9. The highest BCUT2D eigenvalue weighted by atomic mass is 35.5. The van der Waals surface area contributed by atoms with Crippen LogP contribution in [0.1, 0.15) is 10.4 Å². The average Bonchev–Trinajstić information content (AvgIpc) is 2.40. The van der Waals surface area contributed by atoms with Crippen molar-refractivity contribution in [2.24, 2.45) is 0 Å². The second-order valence-corrected chi connectivity index (χ2v) is 6.83. The van der Waals surface area contributed by atoms with Crippen LogP contribution < -0.4 is 5.32 Å². The molecule has 0 saturated carbocycles. The number of carbonyl (C=O) groups is 1. The first-order valence-corrected chi connectivity index (χ1v) is 8.11. The lowest BCUT2D eigenvalue weighted by Gasteiger charge is -2.08. The van der Waals surface area contributed by atoms with Gasteiger partial charge in [-0.2, -0.15) is 0 Å². The summed E-state index contributed by atoms with van der Waals surface area (Å²) in [5.41, 5.74) is 0.0847. The summed E-state index contributed by atoms with van der Waals surface area (Å²) in [5.74, 6) is -1.28. The SMILES string of the molecule is CS(=O)(=O)c1ccc(F)c(NC(=O)c2ccc(Cl)cc2)c1. The highest BCUT2D eigenvalue weighted by Gasteiger charge is 2.14. The van der Waals surface area contributed by atoms with E-state index in [0.717, 1.165) is 24.5 Å². The fraction of sp³-hybridized carbons (Fsp3) is 0.0714. The van der Waals surface area contributed by atoms with Gasteiger partial charge in [-0.1, -0.05) is 11.6 Å². The van der Waals surface area contributed by atoms with Gasteiger partial charge in [0.1, 0.15) is 5.82 Å². The van der Waals surface area contributed by atoms with Crippen molar-refractivity contribution in [1.82, 2.24) is 0 Å². The number of hydrogen-bond acceptors (Lipinski definition) is 3. The van der Waals surface area contributed by atoms with Gasteiger partial charge in [0.15, 0.2) is 9.84 Å². The molecule has 0 unspecified atom stereocenters. The Morgan fingerprint density at radius 3 is 2.33 bits per heavy atom. The number of sulfone groups is 1. The highest BCUT2D eigenvalue weighted by molar-refractivity contribution is 7.90. The number of hydrogen-bond donors (Lipinski definition) is 1. The first-order chi connectivity index (χ1) is 9.77. The van der Waals surface area contributed by atoms with Crippen molar-refractivity contribution in [3.63, 3.8) is 0 Å². The quantitative estimate of drug-likeness (QED) is 0.881. The van der Waals surface area contributed by atoms with E-state index < -0.39 is 21.6 Å². The largest absolute Gasteiger partial charge is 0.319 e. The third kappa shape index (κ3) is 3.80. The number of amides is 1. The van der Waals surface area contributed by atoms with E-state index in [1.165, 1.54) is 24.3 Å². The number of halogens is 2. The number of carbonyl (C=O) groups excluding carboxylic acids is 1. The Morgan fingerprint density at radius 2 is 1.76 bits per heavy atom. The van der Waals surface area contributed by atoms with Crippen molar-refractivity contribution in [2.75, 3.05) is 11.6 Å². The summed E-state index contributed by atoms with van der Waals surface area (Å²) < 4.78 is 36.5. The van der Waals surface area contributed by atoms with E-state index >= 15 is 0 Å². The molecule has 0 atom stereocenters. The summed E-state index contributed by atoms with van der Waals surface area (Å²) in [5, 5.41) is 2.81. The summed E-state index contributed by atoms with van der Waals surface area (Å²) in [4.78, 5) is 11.9. The Labute approximate surface area is 126 Å². The topological polar surface area (TPSA) is 63.2 Å². The Balaban J connectivity index is 2.31. The molecule has 0 spiro atoms. The monoisotopic (exact) mass is 327 g/mol. The van der Waals surface area contributed by atoms with Gasteiger partial charge < -0.3 is 5.32 Å². The fourth-order valence-corrected chi connectivity index (χ4v) is 2.40. The average molecular weight is 328 g/mol. The molecular weight excluding hydrogens is 317 g/mol. The normalized spacial score (nSPS) is 11.2. The number of rotatable bonds is 3. The molecule has 21 heavy (non-hydrogen) atoms. The van der Waals surface area contributed by atoms with Crippen molar-refractivity contribution < 1.29 is 17.6 Å². The Bertz CT molecular complexity index is 788. The van der Waals surface area contributed by atoms with E-state index in [1.807, 2.05) is 0 Å². The second kappa shape index (κ2) is 5.83. The Morgan fingerprint density at radius 1 is 1.14 bits per heavy atom. The van der Waals surface area contributed by atoms with Crippen molar-refractivity contribution in [2.45, 2.75) is 4.90 Å². The number of nitrogens with one attached hydrogen (secondary N) is 1. The van der Waals surface area contributed by atoms with Crippen molar-refractivity contribution in [3.8, 4) is 0 Å². The van der Waals surface area contributed by atoms with Gasteiger partial charge in [-0.25, -0.2) is 12.8 Å². The van der Waals surface area contributed by atoms with Crippen LogP contribution in [0.25, 0.3) is 0 Å². The summed E-state index contributed by atoms with van der Waals surface area (Å²) in [6.07, 6.45) is 1.00. The van der Waals surface area contributed by atoms with Gasteiger partial charge in [0, 0.05) is 16.8 Å². The summed E-state index contributed by atoms with van der Waals surface area (Å²) in [6.45, 7) is 0. The maximum atomic E-state index is 13.7. The van der Waals surface area contributed by atoms with E-state index in [2.05, 4.69) is 5.32 Å². The van der Waals surface area contributed by atoms with Crippen molar-refractivity contribution in [3.05, 3.63) is 58.9 Å². The van der Waals surface area contributed by atoms with Crippen LogP contribution in [0.5, 0.6) is 0 Å². The van der Waals surface area contributed by atoms with Crippen LogP contribution in [-0.2, 0) is 9.84 Å². The maximum absolute atomic E-state index is 13.7. The second-order valence-electron chi connectivity index (χ2n) is 4.37. The molecule has 0 fully saturated rings. The summed E-state index contributed by atoms with van der Waals surface area (Å²) in [7, 11) is -3.48. The van der Waals surface area contributed by atoms with E-state index in [-0.39, 0.29) is 16.1 Å². The van der Waals surface area contributed by atoms with Gasteiger partial charge in [0.05, 0.1) is 10.6 Å². The van der Waals surface area contributed by atoms with E-state index in [9.17, 15) is 17.6 Å². The van der Waals surface area contributed by atoms with Crippen molar-refractivity contribution >= 4 is 33.0 Å². The molecule has 1 N–H and O–H groups in total. The van der Waals surface area contributed by atoms with Crippen LogP contribution in [-0.4, -0.2) is 20.6 Å². The van der Waals surface area contributed by atoms with Gasteiger partial charge in [-0.15, -0.1) is 0 Å². The molecule has 1 amide bonds. The Kier molecular flexibility index (Phi) is 4.29. The zero-order chi connectivity index (χ0) is 15.6. The molecule has 0 aromatic heterocycles. The van der Waals surface area contributed by atoms with Crippen molar-refractivity contribution in [1.29, 1.82) is 0 Å². The van der Waals surface area contributed by atoms with Gasteiger partial charge in [-0.05, 0) is 42.5 Å². The van der Waals surface area contributed by atoms with Crippen LogP contribution in [0, 0.1) is 5.82 Å². The molecule has 110 valence electrons. The summed E-state index contributed by atoms with van der Waals surface area (Å²) in [6, 6.07) is 9.24. The van der Waals surface area contributed by atoms with Gasteiger partial charge in [0.25, 0.3) is 5.91 Å². The molecule has 7 heteroatoms. The molecule has 2 aromatic rings. The third-order valence-corrected chi connectivity index (χ3v) is 4.08.